The van der Waals surface area contributed by atoms with Crippen LogP contribution in [0.15, 0.2) is 12.4 Å². The van der Waals surface area contributed by atoms with Gasteiger partial charge in [-0.15, -0.1) is 0 Å². The average molecular weight is 306 g/mol. The summed E-state index contributed by atoms with van der Waals surface area (Å²) in [6.45, 7) is 9.51. The summed E-state index contributed by atoms with van der Waals surface area (Å²) in [7, 11) is 0. The lowest BCUT2D eigenvalue weighted by Gasteiger charge is -2.33. The molecule has 1 N–H and O–H groups in total. The van der Waals surface area contributed by atoms with Gasteiger partial charge in [-0.1, -0.05) is 0 Å². The molecular formula is C16H26N4O2. The summed E-state index contributed by atoms with van der Waals surface area (Å²) in [5.74, 6) is 1.60. The molecule has 22 heavy (non-hydrogen) atoms. The Morgan fingerprint density at radius 1 is 1.23 bits per heavy atom. The van der Waals surface area contributed by atoms with E-state index in [1.54, 1.807) is 12.4 Å². The van der Waals surface area contributed by atoms with E-state index >= 15 is 0 Å². The number of rotatable bonds is 5. The molecule has 6 nitrogen and oxygen atoms in total. The highest BCUT2D eigenvalue weighted by molar-refractivity contribution is 5.79. The van der Waals surface area contributed by atoms with Gasteiger partial charge in [0, 0.05) is 37.4 Å². The van der Waals surface area contributed by atoms with Crippen molar-refractivity contribution in [3.05, 3.63) is 12.4 Å². The van der Waals surface area contributed by atoms with Gasteiger partial charge in [0.2, 0.25) is 5.91 Å². The maximum absolute atomic E-state index is 12.1. The molecular weight excluding hydrogens is 280 g/mol. The Balaban J connectivity index is 1.98. The van der Waals surface area contributed by atoms with Gasteiger partial charge in [0.15, 0.2) is 5.82 Å². The Morgan fingerprint density at radius 2 is 1.86 bits per heavy atom. The van der Waals surface area contributed by atoms with E-state index in [4.69, 9.17) is 4.74 Å². The highest BCUT2D eigenvalue weighted by Crippen LogP contribution is 2.28. The molecule has 0 unspecified atom stereocenters. The van der Waals surface area contributed by atoms with Crippen molar-refractivity contribution in [1.29, 1.82) is 0 Å². The molecule has 2 heterocycles. The molecule has 0 bridgehead atoms. The first-order chi connectivity index (χ1) is 10.5. The summed E-state index contributed by atoms with van der Waals surface area (Å²) in [5.41, 5.74) is 0. The Bertz CT molecular complexity index is 497. The molecule has 122 valence electrons. The molecule has 1 aromatic heterocycles. The lowest BCUT2D eigenvalue weighted by Crippen LogP contribution is -2.42. The number of nitrogens with one attached hydrogen (secondary N) is 1. The van der Waals surface area contributed by atoms with E-state index in [-0.39, 0.29) is 24.0 Å². The van der Waals surface area contributed by atoms with Crippen molar-refractivity contribution in [2.75, 3.05) is 18.0 Å². The molecule has 1 aliphatic heterocycles. The molecule has 0 saturated carbocycles. The highest BCUT2D eigenvalue weighted by Gasteiger charge is 2.27. The molecule has 1 aromatic rings. The fourth-order valence-corrected chi connectivity index (χ4v) is 2.60. The van der Waals surface area contributed by atoms with Crippen LogP contribution in [-0.2, 0) is 4.79 Å². The molecule has 2 rings (SSSR count). The van der Waals surface area contributed by atoms with Gasteiger partial charge in [-0.05, 0) is 40.5 Å². The fraction of sp³-hybridized carbons (Fsp3) is 0.688. The summed E-state index contributed by atoms with van der Waals surface area (Å²) in [5, 5.41) is 2.99. The molecule has 1 aliphatic rings. The van der Waals surface area contributed by atoms with E-state index in [9.17, 15) is 4.79 Å². The molecule has 1 amide bonds. The van der Waals surface area contributed by atoms with Crippen molar-refractivity contribution in [2.45, 2.75) is 52.7 Å². The monoisotopic (exact) mass is 306 g/mol. The summed E-state index contributed by atoms with van der Waals surface area (Å²) in [6.07, 6.45) is 5.04. The van der Waals surface area contributed by atoms with E-state index in [0.29, 0.717) is 5.88 Å². The van der Waals surface area contributed by atoms with Crippen molar-refractivity contribution in [1.82, 2.24) is 15.3 Å². The first-order valence-corrected chi connectivity index (χ1v) is 8.00. The van der Waals surface area contributed by atoms with Gasteiger partial charge >= 0.3 is 0 Å². The van der Waals surface area contributed by atoms with Gasteiger partial charge in [-0.3, -0.25) is 4.79 Å². The smallest absolute Gasteiger partial charge is 0.257 e. The summed E-state index contributed by atoms with van der Waals surface area (Å²) in [4.78, 5) is 22.9. The van der Waals surface area contributed by atoms with Crippen LogP contribution in [0.25, 0.3) is 0 Å². The normalized spacial score (nSPS) is 16.2. The van der Waals surface area contributed by atoms with Crippen LogP contribution in [0.2, 0.25) is 0 Å². The van der Waals surface area contributed by atoms with Gasteiger partial charge in [-0.25, -0.2) is 9.97 Å². The zero-order valence-electron chi connectivity index (χ0n) is 13.9. The topological polar surface area (TPSA) is 67.4 Å². The minimum absolute atomic E-state index is 0.0600. The fourth-order valence-electron chi connectivity index (χ4n) is 2.60. The van der Waals surface area contributed by atoms with Crippen LogP contribution in [0.4, 0.5) is 5.82 Å². The number of carbonyl (C=O) groups is 1. The van der Waals surface area contributed by atoms with Crippen molar-refractivity contribution in [3.63, 3.8) is 0 Å². The first kappa shape index (κ1) is 16.5. The third kappa shape index (κ3) is 4.32. The van der Waals surface area contributed by atoms with E-state index in [1.807, 2.05) is 27.7 Å². The Morgan fingerprint density at radius 3 is 2.45 bits per heavy atom. The predicted molar refractivity (Wildman–Crippen MR) is 86.0 cm³/mol. The van der Waals surface area contributed by atoms with Crippen molar-refractivity contribution in [3.8, 4) is 5.88 Å². The number of ether oxygens (including phenoxy) is 1. The largest absolute Gasteiger partial charge is 0.472 e. The minimum Gasteiger partial charge on any atom is -0.472 e. The Kier molecular flexibility index (Phi) is 5.57. The number of hydrogen-bond acceptors (Lipinski definition) is 5. The molecule has 0 spiro atoms. The minimum atomic E-state index is 0.0600. The van der Waals surface area contributed by atoms with E-state index < -0.39 is 0 Å². The molecule has 0 aromatic carbocycles. The highest BCUT2D eigenvalue weighted by atomic mass is 16.5. The Labute approximate surface area is 132 Å². The second kappa shape index (κ2) is 7.42. The zero-order valence-corrected chi connectivity index (χ0v) is 13.9. The van der Waals surface area contributed by atoms with Gasteiger partial charge < -0.3 is 15.0 Å². The maximum Gasteiger partial charge on any atom is 0.257 e. The number of hydrogen-bond donors (Lipinski definition) is 1. The van der Waals surface area contributed by atoms with Gasteiger partial charge in [-0.2, -0.15) is 0 Å². The third-order valence-corrected chi connectivity index (χ3v) is 3.59. The Hall–Kier alpha value is -1.85. The van der Waals surface area contributed by atoms with E-state index in [1.165, 1.54) is 0 Å². The number of amides is 1. The van der Waals surface area contributed by atoms with Gasteiger partial charge in [0.1, 0.15) is 0 Å². The predicted octanol–water partition coefficient (Wildman–Crippen LogP) is 2.00. The molecule has 0 atom stereocenters. The third-order valence-electron chi connectivity index (χ3n) is 3.59. The molecule has 6 heteroatoms. The van der Waals surface area contributed by atoms with E-state index in [0.717, 1.165) is 31.7 Å². The molecule has 0 aliphatic carbocycles. The summed E-state index contributed by atoms with van der Waals surface area (Å²) in [6, 6.07) is 0.191. The number of carbonyl (C=O) groups excluding carboxylic acids is 1. The second-order valence-corrected chi connectivity index (χ2v) is 6.28. The number of aromatic nitrogens is 2. The lowest BCUT2D eigenvalue weighted by atomic mass is 9.95. The SMILES string of the molecule is CC(C)NC(=O)C1CCN(c2nccnc2OC(C)C)CC1. The summed E-state index contributed by atoms with van der Waals surface area (Å²) < 4.78 is 5.73. The number of piperidine rings is 1. The maximum atomic E-state index is 12.1. The molecule has 1 fully saturated rings. The van der Waals surface area contributed by atoms with Crippen LogP contribution in [0.3, 0.4) is 0 Å². The lowest BCUT2D eigenvalue weighted by molar-refractivity contribution is -0.126. The van der Waals surface area contributed by atoms with Crippen molar-refractivity contribution < 1.29 is 9.53 Å². The quantitative estimate of drug-likeness (QED) is 0.901. The van der Waals surface area contributed by atoms with E-state index in [2.05, 4.69) is 20.2 Å². The number of anilines is 1. The van der Waals surface area contributed by atoms with Crippen LogP contribution in [-0.4, -0.2) is 41.1 Å². The molecule has 0 radical (unpaired) electrons. The molecule has 1 saturated heterocycles. The van der Waals surface area contributed by atoms with Crippen LogP contribution in [0.1, 0.15) is 40.5 Å². The van der Waals surface area contributed by atoms with Crippen LogP contribution in [0.5, 0.6) is 5.88 Å². The summed E-state index contributed by atoms with van der Waals surface area (Å²) >= 11 is 0. The van der Waals surface area contributed by atoms with Crippen LogP contribution in [0, 0.1) is 5.92 Å². The second-order valence-electron chi connectivity index (χ2n) is 6.28. The average Bonchev–Trinajstić information content (AvgIpc) is 2.47. The van der Waals surface area contributed by atoms with Gasteiger partial charge in [0.05, 0.1) is 6.10 Å². The van der Waals surface area contributed by atoms with Gasteiger partial charge in [0.25, 0.3) is 5.88 Å². The van der Waals surface area contributed by atoms with Crippen molar-refractivity contribution >= 4 is 11.7 Å². The van der Waals surface area contributed by atoms with Crippen molar-refractivity contribution in [2.24, 2.45) is 5.92 Å². The first-order valence-electron chi connectivity index (χ1n) is 8.00. The standard InChI is InChI=1S/C16H26N4O2/c1-11(2)19-15(21)13-5-9-20(10-6-13)14-16(22-12(3)4)18-8-7-17-14/h7-8,11-13H,5-6,9-10H2,1-4H3,(H,19,21). The zero-order chi connectivity index (χ0) is 16.1. The van der Waals surface area contributed by atoms with Crippen LogP contribution < -0.4 is 15.0 Å². The number of nitrogens with zero attached hydrogens (tertiary/aromatic N) is 3. The van der Waals surface area contributed by atoms with Crippen LogP contribution >= 0.6 is 0 Å².